The number of rotatable bonds is 11. The van der Waals surface area contributed by atoms with E-state index >= 15 is 0 Å². The summed E-state index contributed by atoms with van der Waals surface area (Å²) < 4.78 is 34.2. The van der Waals surface area contributed by atoms with Crippen molar-refractivity contribution in [1.29, 1.82) is 0 Å². The summed E-state index contributed by atoms with van der Waals surface area (Å²) in [7, 11) is -2.15. The fourth-order valence-electron chi connectivity index (χ4n) is 3.58. The normalized spacial score (nSPS) is 13.2. The van der Waals surface area contributed by atoms with E-state index in [1.165, 1.54) is 0 Å². The summed E-state index contributed by atoms with van der Waals surface area (Å²) in [6, 6.07) is 23.0. The third-order valence-electron chi connectivity index (χ3n) is 5.29. The van der Waals surface area contributed by atoms with Gasteiger partial charge in [-0.25, -0.2) is 13.1 Å². The van der Waals surface area contributed by atoms with Gasteiger partial charge in [0.1, 0.15) is 5.75 Å². The van der Waals surface area contributed by atoms with Crippen LogP contribution in [0.25, 0.3) is 0 Å². The fourth-order valence-corrected chi connectivity index (χ4v) is 4.83. The van der Waals surface area contributed by atoms with Crippen molar-refractivity contribution in [3.05, 3.63) is 95.6 Å². The quantitative estimate of drug-likeness (QED) is 0.434. The van der Waals surface area contributed by atoms with Gasteiger partial charge in [-0.1, -0.05) is 60.2 Å². The molecule has 0 radical (unpaired) electrons. The van der Waals surface area contributed by atoms with Crippen molar-refractivity contribution in [2.75, 3.05) is 7.11 Å². The van der Waals surface area contributed by atoms with Crippen LogP contribution in [0.1, 0.15) is 29.2 Å². The average molecular weight is 453 g/mol. The number of amides is 1. The number of carbonyl (C=O) groups is 1. The molecule has 0 unspecified atom stereocenters. The predicted molar refractivity (Wildman–Crippen MR) is 125 cm³/mol. The lowest BCUT2D eigenvalue weighted by atomic mass is 9.95. The molecular formula is C25H28N2O4S. The number of benzene rings is 3. The lowest BCUT2D eigenvalue weighted by Gasteiger charge is -2.25. The van der Waals surface area contributed by atoms with Gasteiger partial charge in [0.25, 0.3) is 0 Å². The number of ether oxygens (including phenoxy) is 1. The Balaban J connectivity index is 1.87. The molecule has 0 fully saturated rings. The van der Waals surface area contributed by atoms with Gasteiger partial charge in [-0.15, -0.1) is 0 Å². The van der Waals surface area contributed by atoms with Crippen molar-refractivity contribution >= 4 is 16.4 Å². The number of sulfonamides is 1. The van der Waals surface area contributed by atoms with E-state index in [-0.39, 0.29) is 10.9 Å². The minimum absolute atomic E-state index is 0.213. The highest BCUT2D eigenvalue weighted by Gasteiger charge is 2.24. The molecule has 7 heteroatoms. The van der Waals surface area contributed by atoms with Gasteiger partial charge in [-0.2, -0.15) is 0 Å². The van der Waals surface area contributed by atoms with E-state index in [9.17, 15) is 13.2 Å². The zero-order valence-electron chi connectivity index (χ0n) is 18.2. The maximum absolute atomic E-state index is 13.1. The van der Waals surface area contributed by atoms with Gasteiger partial charge >= 0.3 is 0 Å². The van der Waals surface area contributed by atoms with Crippen LogP contribution in [0.2, 0.25) is 0 Å². The Morgan fingerprint density at radius 3 is 2.19 bits per heavy atom. The lowest BCUT2D eigenvalue weighted by Crippen LogP contribution is -2.39. The molecule has 168 valence electrons. The molecule has 0 saturated carbocycles. The molecule has 0 aliphatic heterocycles. The summed E-state index contributed by atoms with van der Waals surface area (Å²) >= 11 is 0. The molecule has 0 aromatic heterocycles. The first-order valence-corrected chi connectivity index (χ1v) is 11.9. The Kier molecular flexibility index (Phi) is 8.03. The molecule has 6 nitrogen and oxygen atoms in total. The standard InChI is InChI=1S/C25H28N2O4S/c1-19-8-14-24(15-9-19)32(29,30)27-22(16-20-6-4-3-5-7-20)17-25(26-18-28)21-10-12-23(31-2)13-11-21/h3-15,18,22,25,27H,16-17H2,1-2H3,(H,26,28)/t22-,25-/m0/s1. The topological polar surface area (TPSA) is 84.5 Å². The molecule has 0 heterocycles. The van der Waals surface area contributed by atoms with Gasteiger partial charge in [0.2, 0.25) is 16.4 Å². The molecule has 0 saturated heterocycles. The van der Waals surface area contributed by atoms with Crippen LogP contribution in [0, 0.1) is 6.92 Å². The number of hydrogen-bond acceptors (Lipinski definition) is 4. The zero-order valence-corrected chi connectivity index (χ0v) is 19.0. The summed E-state index contributed by atoms with van der Waals surface area (Å²) in [5, 5.41) is 2.83. The van der Waals surface area contributed by atoms with Crippen LogP contribution < -0.4 is 14.8 Å². The molecule has 0 bridgehead atoms. The molecule has 2 atom stereocenters. The van der Waals surface area contributed by atoms with Crippen molar-refractivity contribution in [3.8, 4) is 5.75 Å². The van der Waals surface area contributed by atoms with E-state index < -0.39 is 16.1 Å². The molecule has 0 aliphatic rings. The summed E-state index contributed by atoms with van der Waals surface area (Å²) in [5.41, 5.74) is 2.86. The molecule has 0 spiro atoms. The van der Waals surface area contributed by atoms with E-state index in [1.54, 1.807) is 31.4 Å². The largest absolute Gasteiger partial charge is 0.497 e. The lowest BCUT2D eigenvalue weighted by molar-refractivity contribution is -0.110. The van der Waals surface area contributed by atoms with Crippen molar-refractivity contribution < 1.29 is 17.9 Å². The van der Waals surface area contributed by atoms with Gasteiger partial charge in [0.05, 0.1) is 18.0 Å². The summed E-state index contributed by atoms with van der Waals surface area (Å²) in [6.07, 6.45) is 1.51. The first-order valence-electron chi connectivity index (χ1n) is 10.4. The summed E-state index contributed by atoms with van der Waals surface area (Å²) in [4.78, 5) is 11.5. The monoisotopic (exact) mass is 452 g/mol. The van der Waals surface area contributed by atoms with Crippen LogP contribution in [0.15, 0.2) is 83.8 Å². The highest BCUT2D eigenvalue weighted by atomic mass is 32.2. The fraction of sp³-hybridized carbons (Fsp3) is 0.240. The van der Waals surface area contributed by atoms with Crippen LogP contribution in [0.5, 0.6) is 5.75 Å². The van der Waals surface area contributed by atoms with Crippen LogP contribution in [-0.2, 0) is 21.2 Å². The Bertz CT molecular complexity index is 1100. The smallest absolute Gasteiger partial charge is 0.240 e. The number of nitrogens with one attached hydrogen (secondary N) is 2. The third kappa shape index (κ3) is 6.42. The molecule has 0 aliphatic carbocycles. The molecule has 3 aromatic rings. The Morgan fingerprint density at radius 1 is 0.938 bits per heavy atom. The second-order valence-electron chi connectivity index (χ2n) is 7.67. The first kappa shape index (κ1) is 23.5. The van der Waals surface area contributed by atoms with Gasteiger partial charge in [-0.05, 0) is 55.2 Å². The third-order valence-corrected chi connectivity index (χ3v) is 6.82. The van der Waals surface area contributed by atoms with E-state index in [0.29, 0.717) is 25.0 Å². The highest BCUT2D eigenvalue weighted by molar-refractivity contribution is 7.89. The number of methoxy groups -OCH3 is 1. The highest BCUT2D eigenvalue weighted by Crippen LogP contribution is 2.24. The molecule has 3 aromatic carbocycles. The van der Waals surface area contributed by atoms with Crippen LogP contribution in [0.3, 0.4) is 0 Å². The zero-order chi connectivity index (χ0) is 23.0. The van der Waals surface area contributed by atoms with Crippen molar-refractivity contribution in [2.45, 2.75) is 36.7 Å². The summed E-state index contributed by atoms with van der Waals surface area (Å²) in [5.74, 6) is 0.708. The molecule has 2 N–H and O–H groups in total. The van der Waals surface area contributed by atoms with Crippen molar-refractivity contribution in [1.82, 2.24) is 10.0 Å². The van der Waals surface area contributed by atoms with E-state index in [2.05, 4.69) is 10.0 Å². The van der Waals surface area contributed by atoms with Crippen LogP contribution >= 0.6 is 0 Å². The Labute approximate surface area is 189 Å². The average Bonchev–Trinajstić information content (AvgIpc) is 2.79. The minimum atomic E-state index is -3.74. The summed E-state index contributed by atoms with van der Waals surface area (Å²) in [6.45, 7) is 1.91. The van der Waals surface area contributed by atoms with Gasteiger partial charge in [0, 0.05) is 6.04 Å². The Hall–Kier alpha value is -3.16. The number of aryl methyl sites for hydroxylation is 1. The van der Waals surface area contributed by atoms with Crippen LogP contribution in [-0.4, -0.2) is 28.0 Å². The molecule has 1 amide bonds. The second-order valence-corrected chi connectivity index (χ2v) is 9.38. The molecule has 3 rings (SSSR count). The predicted octanol–water partition coefficient (Wildman–Crippen LogP) is 3.77. The number of hydrogen-bond donors (Lipinski definition) is 2. The van der Waals surface area contributed by atoms with Crippen molar-refractivity contribution in [3.63, 3.8) is 0 Å². The Morgan fingerprint density at radius 2 is 1.59 bits per heavy atom. The van der Waals surface area contributed by atoms with E-state index in [0.717, 1.165) is 16.7 Å². The maximum Gasteiger partial charge on any atom is 0.240 e. The van der Waals surface area contributed by atoms with Crippen LogP contribution in [0.4, 0.5) is 0 Å². The van der Waals surface area contributed by atoms with E-state index in [4.69, 9.17) is 4.74 Å². The van der Waals surface area contributed by atoms with Gasteiger partial charge in [-0.3, -0.25) is 4.79 Å². The minimum Gasteiger partial charge on any atom is -0.497 e. The maximum atomic E-state index is 13.1. The second kappa shape index (κ2) is 10.9. The first-order chi connectivity index (χ1) is 15.4. The molecule has 32 heavy (non-hydrogen) atoms. The molecular weight excluding hydrogens is 424 g/mol. The SMILES string of the molecule is COc1ccc([C@H](C[C@H](Cc2ccccc2)NS(=O)(=O)c2ccc(C)cc2)NC=O)cc1. The van der Waals surface area contributed by atoms with E-state index in [1.807, 2.05) is 61.5 Å². The van der Waals surface area contributed by atoms with Crippen molar-refractivity contribution in [2.24, 2.45) is 0 Å². The number of carbonyl (C=O) groups excluding carboxylic acids is 1. The van der Waals surface area contributed by atoms with Gasteiger partial charge in [0.15, 0.2) is 0 Å². The van der Waals surface area contributed by atoms with Gasteiger partial charge < -0.3 is 10.1 Å².